The molecule has 2 aromatic rings. The van der Waals surface area contributed by atoms with E-state index in [1.54, 1.807) is 41.3 Å². The van der Waals surface area contributed by atoms with Gasteiger partial charge in [-0.15, -0.1) is 0 Å². The fourth-order valence-corrected chi connectivity index (χ4v) is 3.17. The fraction of sp³-hybridized carbons (Fsp3) is 0.250. The number of esters is 1. The predicted molar refractivity (Wildman–Crippen MR) is 101 cm³/mol. The molecule has 140 valence electrons. The minimum Gasteiger partial charge on any atom is -0.495 e. The lowest BCUT2D eigenvalue weighted by atomic mass is 10.1. The molecule has 0 aliphatic carbocycles. The zero-order valence-corrected chi connectivity index (χ0v) is 15.5. The molecule has 0 spiro atoms. The van der Waals surface area contributed by atoms with Gasteiger partial charge in [0, 0.05) is 18.5 Å². The van der Waals surface area contributed by atoms with E-state index in [4.69, 9.17) is 21.1 Å². The van der Waals surface area contributed by atoms with Crippen molar-refractivity contribution in [3.05, 3.63) is 58.6 Å². The molecule has 0 unspecified atom stereocenters. The first-order valence-corrected chi connectivity index (χ1v) is 8.82. The van der Waals surface area contributed by atoms with Gasteiger partial charge in [0.2, 0.25) is 5.91 Å². The second kappa shape index (κ2) is 8.22. The average molecular weight is 388 g/mol. The van der Waals surface area contributed by atoms with E-state index in [0.29, 0.717) is 35.0 Å². The lowest BCUT2D eigenvalue weighted by molar-refractivity contribution is -0.117. The van der Waals surface area contributed by atoms with Crippen LogP contribution in [0.1, 0.15) is 33.6 Å². The summed E-state index contributed by atoms with van der Waals surface area (Å²) in [5.74, 6) is -0.616. The summed E-state index contributed by atoms with van der Waals surface area (Å²) in [4.78, 5) is 38.3. The maximum atomic E-state index is 12.5. The Hall–Kier alpha value is -2.86. The van der Waals surface area contributed by atoms with Crippen LogP contribution in [-0.4, -0.2) is 37.9 Å². The molecule has 27 heavy (non-hydrogen) atoms. The van der Waals surface area contributed by atoms with Crippen LogP contribution in [-0.2, 0) is 9.53 Å². The van der Waals surface area contributed by atoms with Crippen LogP contribution < -0.4 is 9.64 Å². The molecule has 0 N–H and O–H groups in total. The molecular weight excluding hydrogens is 370 g/mol. The monoisotopic (exact) mass is 387 g/mol. The number of carbonyl (C=O) groups excluding carboxylic acids is 3. The second-order valence-corrected chi connectivity index (χ2v) is 6.42. The van der Waals surface area contributed by atoms with Gasteiger partial charge in [0.05, 0.1) is 23.4 Å². The normalized spacial score (nSPS) is 13.6. The molecule has 1 aliphatic heterocycles. The third-order valence-corrected chi connectivity index (χ3v) is 4.59. The lowest BCUT2D eigenvalue weighted by Crippen LogP contribution is -2.26. The second-order valence-electron chi connectivity index (χ2n) is 6.01. The average Bonchev–Trinajstić information content (AvgIpc) is 3.11. The first-order valence-electron chi connectivity index (χ1n) is 8.44. The highest BCUT2D eigenvalue weighted by Crippen LogP contribution is 2.27. The number of rotatable bonds is 6. The molecule has 1 fully saturated rings. The molecule has 0 atom stereocenters. The van der Waals surface area contributed by atoms with E-state index in [2.05, 4.69) is 0 Å². The van der Waals surface area contributed by atoms with Crippen molar-refractivity contribution in [2.45, 2.75) is 12.8 Å². The summed E-state index contributed by atoms with van der Waals surface area (Å²) in [5, 5.41) is 0.299. The Kier molecular flexibility index (Phi) is 5.76. The minimum absolute atomic E-state index is 0.0285. The molecule has 1 saturated heterocycles. The van der Waals surface area contributed by atoms with E-state index in [0.717, 1.165) is 6.42 Å². The van der Waals surface area contributed by atoms with Crippen molar-refractivity contribution in [2.75, 3.05) is 25.2 Å². The van der Waals surface area contributed by atoms with Crippen LogP contribution >= 0.6 is 11.6 Å². The number of Topliss-reactive ketones (excluding diaryl/α,β-unsaturated/α-hetero) is 1. The van der Waals surface area contributed by atoms with Gasteiger partial charge in [0.25, 0.3) is 0 Å². The number of amides is 1. The molecule has 0 saturated carbocycles. The Morgan fingerprint density at radius 2 is 1.96 bits per heavy atom. The number of ketones is 1. The van der Waals surface area contributed by atoms with Crippen molar-refractivity contribution in [1.82, 2.24) is 0 Å². The Labute approximate surface area is 161 Å². The van der Waals surface area contributed by atoms with Crippen LogP contribution in [0.5, 0.6) is 5.75 Å². The molecule has 1 aliphatic rings. The largest absolute Gasteiger partial charge is 0.495 e. The van der Waals surface area contributed by atoms with Gasteiger partial charge in [-0.3, -0.25) is 9.59 Å². The van der Waals surface area contributed by atoms with Gasteiger partial charge >= 0.3 is 5.97 Å². The predicted octanol–water partition coefficient (Wildman–Crippen LogP) is 3.52. The number of nitrogens with zero attached hydrogens (tertiary/aromatic N) is 1. The van der Waals surface area contributed by atoms with E-state index in [1.165, 1.54) is 13.2 Å². The van der Waals surface area contributed by atoms with Gasteiger partial charge < -0.3 is 14.4 Å². The van der Waals surface area contributed by atoms with Gasteiger partial charge in [-0.2, -0.15) is 0 Å². The Balaban J connectivity index is 1.70. The molecule has 7 heteroatoms. The van der Waals surface area contributed by atoms with Crippen molar-refractivity contribution < 1.29 is 23.9 Å². The maximum absolute atomic E-state index is 12.5. The van der Waals surface area contributed by atoms with Crippen LogP contribution in [0.4, 0.5) is 5.69 Å². The maximum Gasteiger partial charge on any atom is 0.340 e. The topological polar surface area (TPSA) is 72.9 Å². The smallest absolute Gasteiger partial charge is 0.340 e. The highest BCUT2D eigenvalue weighted by Gasteiger charge is 2.26. The molecule has 3 rings (SSSR count). The third kappa shape index (κ3) is 4.11. The zero-order chi connectivity index (χ0) is 19.4. The van der Waals surface area contributed by atoms with Crippen LogP contribution in [0, 0.1) is 0 Å². The number of hydrogen-bond acceptors (Lipinski definition) is 5. The van der Waals surface area contributed by atoms with E-state index in [1.807, 2.05) is 0 Å². The van der Waals surface area contributed by atoms with Crippen LogP contribution in [0.3, 0.4) is 0 Å². The van der Waals surface area contributed by atoms with Gasteiger partial charge in [-0.1, -0.05) is 23.7 Å². The number of halogens is 1. The Bertz CT molecular complexity index is 896. The van der Waals surface area contributed by atoms with E-state index in [9.17, 15) is 14.4 Å². The highest BCUT2D eigenvalue weighted by molar-refractivity contribution is 6.32. The summed E-state index contributed by atoms with van der Waals surface area (Å²) >= 11 is 6.02. The lowest BCUT2D eigenvalue weighted by Gasteiger charge is -2.18. The standard InChI is InChI=1S/C20H18ClNO5/c1-26-18-9-8-13(11-15(18)21)17(23)12-27-20(25)14-5-2-3-6-16(14)22-10-4-7-19(22)24/h2-3,5-6,8-9,11H,4,7,10,12H2,1H3. The van der Waals surface area contributed by atoms with Crippen molar-refractivity contribution in [1.29, 1.82) is 0 Å². The molecule has 6 nitrogen and oxygen atoms in total. The third-order valence-electron chi connectivity index (χ3n) is 4.30. The number of hydrogen-bond donors (Lipinski definition) is 0. The number of methoxy groups -OCH3 is 1. The fourth-order valence-electron chi connectivity index (χ4n) is 2.92. The van der Waals surface area contributed by atoms with Gasteiger partial charge in [-0.05, 0) is 36.8 Å². The molecule has 0 radical (unpaired) electrons. The summed E-state index contributed by atoms with van der Waals surface area (Å²) in [5.41, 5.74) is 1.08. The SMILES string of the molecule is COc1ccc(C(=O)COC(=O)c2ccccc2N2CCCC2=O)cc1Cl. The number of ether oxygens (including phenoxy) is 2. The highest BCUT2D eigenvalue weighted by atomic mass is 35.5. The first kappa shape index (κ1) is 18.9. The van der Waals surface area contributed by atoms with E-state index < -0.39 is 12.6 Å². The molecular formula is C20H18ClNO5. The Morgan fingerprint density at radius 1 is 1.19 bits per heavy atom. The number of anilines is 1. The quantitative estimate of drug-likeness (QED) is 0.560. The summed E-state index contributed by atoms with van der Waals surface area (Å²) < 4.78 is 10.2. The van der Waals surface area contributed by atoms with Crippen LogP contribution in [0.25, 0.3) is 0 Å². The summed E-state index contributed by atoms with van der Waals surface area (Å²) in [7, 11) is 1.48. The minimum atomic E-state index is -0.654. The van der Waals surface area contributed by atoms with Gasteiger partial charge in [-0.25, -0.2) is 4.79 Å². The summed E-state index contributed by atoms with van der Waals surface area (Å²) in [6.45, 7) is 0.135. The zero-order valence-electron chi connectivity index (χ0n) is 14.7. The molecule has 0 aromatic heterocycles. The van der Waals surface area contributed by atoms with Gasteiger partial charge in [0.1, 0.15) is 5.75 Å². The molecule has 1 amide bonds. The van der Waals surface area contributed by atoms with E-state index in [-0.39, 0.29) is 17.3 Å². The van der Waals surface area contributed by atoms with Crippen molar-refractivity contribution in [3.8, 4) is 5.75 Å². The number of para-hydroxylation sites is 1. The summed E-state index contributed by atoms with van der Waals surface area (Å²) in [6, 6.07) is 11.3. The van der Waals surface area contributed by atoms with Crippen LogP contribution in [0.15, 0.2) is 42.5 Å². The van der Waals surface area contributed by atoms with Gasteiger partial charge in [0.15, 0.2) is 12.4 Å². The summed E-state index contributed by atoms with van der Waals surface area (Å²) in [6.07, 6.45) is 1.21. The van der Waals surface area contributed by atoms with Crippen molar-refractivity contribution >= 4 is 34.9 Å². The Morgan fingerprint density at radius 3 is 2.63 bits per heavy atom. The molecule has 0 bridgehead atoms. The molecule has 1 heterocycles. The number of carbonyl (C=O) groups is 3. The van der Waals surface area contributed by atoms with Crippen molar-refractivity contribution in [3.63, 3.8) is 0 Å². The number of benzene rings is 2. The first-order chi connectivity index (χ1) is 13.0. The van der Waals surface area contributed by atoms with Crippen molar-refractivity contribution in [2.24, 2.45) is 0 Å². The van der Waals surface area contributed by atoms with E-state index >= 15 is 0 Å². The van der Waals surface area contributed by atoms with Crippen LogP contribution in [0.2, 0.25) is 5.02 Å². The molecule has 2 aromatic carbocycles.